The van der Waals surface area contributed by atoms with Crippen LogP contribution in [-0.2, 0) is 14.8 Å². The Morgan fingerprint density at radius 1 is 1.35 bits per heavy atom. The molecule has 6 nitrogen and oxygen atoms in total. The first-order chi connectivity index (χ1) is 9.44. The molecule has 0 saturated carbocycles. The van der Waals surface area contributed by atoms with Crippen molar-refractivity contribution in [3.05, 3.63) is 0 Å². The lowest BCUT2D eigenvalue weighted by Gasteiger charge is -2.32. The molecule has 0 aromatic carbocycles. The Labute approximate surface area is 122 Å². The van der Waals surface area contributed by atoms with E-state index in [2.05, 4.69) is 5.32 Å². The molecule has 118 valence electrons. The van der Waals surface area contributed by atoms with Crippen LogP contribution in [0.15, 0.2) is 0 Å². The van der Waals surface area contributed by atoms with Crippen LogP contribution in [-0.4, -0.2) is 50.1 Å². The van der Waals surface area contributed by atoms with Crippen LogP contribution in [0.2, 0.25) is 0 Å². The second kappa shape index (κ2) is 7.95. The monoisotopic (exact) mass is 305 g/mol. The van der Waals surface area contributed by atoms with Crippen LogP contribution in [0, 0.1) is 5.92 Å². The molecule has 1 rings (SSSR count). The third-order valence-electron chi connectivity index (χ3n) is 3.85. The van der Waals surface area contributed by atoms with E-state index in [-0.39, 0.29) is 23.6 Å². The lowest BCUT2D eigenvalue weighted by molar-refractivity contribution is -0.125. The number of nitrogens with two attached hydrogens (primary N) is 1. The summed E-state index contributed by atoms with van der Waals surface area (Å²) < 4.78 is 25.0. The second-order valence-corrected chi connectivity index (χ2v) is 7.56. The Balaban J connectivity index is 2.44. The van der Waals surface area contributed by atoms with Gasteiger partial charge in [-0.1, -0.05) is 13.3 Å². The highest BCUT2D eigenvalue weighted by atomic mass is 32.2. The van der Waals surface area contributed by atoms with Crippen molar-refractivity contribution in [2.24, 2.45) is 11.7 Å². The Bertz CT molecular complexity index is 403. The molecule has 20 heavy (non-hydrogen) atoms. The molecule has 1 saturated heterocycles. The summed E-state index contributed by atoms with van der Waals surface area (Å²) in [7, 11) is -3.10. The van der Waals surface area contributed by atoms with Gasteiger partial charge in [0, 0.05) is 25.7 Å². The molecule has 0 spiro atoms. The van der Waals surface area contributed by atoms with E-state index >= 15 is 0 Å². The fraction of sp³-hybridized carbons (Fsp3) is 0.923. The molecule has 0 radical (unpaired) electrons. The molecule has 1 heterocycles. The molecule has 1 fully saturated rings. The van der Waals surface area contributed by atoms with E-state index in [1.807, 2.05) is 6.92 Å². The summed E-state index contributed by atoms with van der Waals surface area (Å²) in [6.45, 7) is 5.02. The summed E-state index contributed by atoms with van der Waals surface area (Å²) in [5, 5.41) is 3.00. The van der Waals surface area contributed by atoms with Crippen molar-refractivity contribution >= 4 is 15.9 Å². The summed E-state index contributed by atoms with van der Waals surface area (Å²) in [5.41, 5.74) is 5.61. The Kier molecular flexibility index (Phi) is 6.91. The number of carbonyl (C=O) groups excluding carboxylic acids is 1. The minimum Gasteiger partial charge on any atom is -0.353 e. The lowest BCUT2D eigenvalue weighted by Crippen LogP contribution is -2.48. The Hall–Kier alpha value is -0.660. The van der Waals surface area contributed by atoms with Gasteiger partial charge >= 0.3 is 0 Å². The zero-order valence-electron chi connectivity index (χ0n) is 12.5. The number of sulfonamides is 1. The van der Waals surface area contributed by atoms with Crippen molar-refractivity contribution in [1.29, 1.82) is 0 Å². The van der Waals surface area contributed by atoms with Crippen LogP contribution in [0.4, 0.5) is 0 Å². The Morgan fingerprint density at radius 2 is 1.95 bits per heavy atom. The van der Waals surface area contributed by atoms with Gasteiger partial charge in [0.1, 0.15) is 0 Å². The summed E-state index contributed by atoms with van der Waals surface area (Å²) in [5.74, 6) is 0.0130. The van der Waals surface area contributed by atoms with Gasteiger partial charge in [0.25, 0.3) is 0 Å². The highest BCUT2D eigenvalue weighted by Crippen LogP contribution is 2.15. The van der Waals surface area contributed by atoms with E-state index in [4.69, 9.17) is 5.73 Å². The summed E-state index contributed by atoms with van der Waals surface area (Å²) in [4.78, 5) is 12.0. The molecule has 7 heteroatoms. The number of rotatable bonds is 7. The number of amides is 1. The van der Waals surface area contributed by atoms with Crippen molar-refractivity contribution < 1.29 is 13.2 Å². The second-order valence-electron chi connectivity index (χ2n) is 5.30. The van der Waals surface area contributed by atoms with Crippen LogP contribution in [0.5, 0.6) is 0 Å². The van der Waals surface area contributed by atoms with E-state index in [1.165, 1.54) is 4.31 Å². The van der Waals surface area contributed by atoms with Gasteiger partial charge < -0.3 is 11.1 Å². The Morgan fingerprint density at radius 3 is 2.40 bits per heavy atom. The fourth-order valence-electron chi connectivity index (χ4n) is 2.48. The van der Waals surface area contributed by atoms with Crippen molar-refractivity contribution in [2.75, 3.05) is 25.4 Å². The van der Waals surface area contributed by atoms with E-state index in [1.54, 1.807) is 6.92 Å². The van der Waals surface area contributed by atoms with Crippen LogP contribution in [0.3, 0.4) is 0 Å². The number of nitrogens with zero attached hydrogens (tertiary/aromatic N) is 1. The maximum atomic E-state index is 12.0. The van der Waals surface area contributed by atoms with Crippen LogP contribution in [0.25, 0.3) is 0 Å². The molecule has 0 aromatic heterocycles. The smallest absolute Gasteiger partial charge is 0.224 e. The average molecular weight is 305 g/mol. The quantitative estimate of drug-likeness (QED) is 0.707. The molecule has 1 amide bonds. The van der Waals surface area contributed by atoms with Gasteiger partial charge in [-0.3, -0.25) is 4.79 Å². The molecular weight excluding hydrogens is 278 g/mol. The van der Waals surface area contributed by atoms with Crippen LogP contribution < -0.4 is 11.1 Å². The van der Waals surface area contributed by atoms with Gasteiger partial charge in [0.2, 0.25) is 15.9 Å². The first-order valence-electron chi connectivity index (χ1n) is 7.42. The maximum absolute atomic E-state index is 12.0. The van der Waals surface area contributed by atoms with Crippen molar-refractivity contribution in [3.63, 3.8) is 0 Å². The predicted molar refractivity (Wildman–Crippen MR) is 79.7 cm³/mol. The van der Waals surface area contributed by atoms with Crippen molar-refractivity contribution in [3.8, 4) is 0 Å². The third kappa shape index (κ3) is 4.71. The van der Waals surface area contributed by atoms with Gasteiger partial charge in [0.15, 0.2) is 0 Å². The summed E-state index contributed by atoms with van der Waals surface area (Å²) in [6.07, 6.45) is 3.08. The van der Waals surface area contributed by atoms with Gasteiger partial charge in [0.05, 0.1) is 11.7 Å². The average Bonchev–Trinajstić information content (AvgIpc) is 2.45. The number of nitrogens with one attached hydrogen (secondary N) is 1. The molecule has 0 aromatic rings. The minimum absolute atomic E-state index is 0.00569. The topological polar surface area (TPSA) is 92.5 Å². The van der Waals surface area contributed by atoms with E-state index in [9.17, 15) is 13.2 Å². The summed E-state index contributed by atoms with van der Waals surface area (Å²) >= 11 is 0. The van der Waals surface area contributed by atoms with Crippen molar-refractivity contribution in [2.45, 2.75) is 45.6 Å². The minimum atomic E-state index is -3.10. The molecule has 3 N–H and O–H groups in total. The number of piperidine rings is 1. The van der Waals surface area contributed by atoms with E-state index in [0.29, 0.717) is 32.5 Å². The SMILES string of the molecule is CCCC(CN)C(=O)NC1CCN(S(=O)(=O)CC)CC1. The lowest BCUT2D eigenvalue weighted by atomic mass is 10.0. The van der Waals surface area contributed by atoms with Crippen LogP contribution >= 0.6 is 0 Å². The number of hydrogen-bond acceptors (Lipinski definition) is 4. The number of hydrogen-bond donors (Lipinski definition) is 2. The third-order valence-corrected chi connectivity index (χ3v) is 5.73. The van der Waals surface area contributed by atoms with Gasteiger partial charge in [-0.25, -0.2) is 12.7 Å². The van der Waals surface area contributed by atoms with Crippen molar-refractivity contribution in [1.82, 2.24) is 9.62 Å². The molecule has 1 aliphatic heterocycles. The van der Waals surface area contributed by atoms with E-state index in [0.717, 1.165) is 12.8 Å². The normalized spacial score (nSPS) is 19.8. The van der Waals surface area contributed by atoms with Crippen LogP contribution in [0.1, 0.15) is 39.5 Å². The van der Waals surface area contributed by atoms with E-state index < -0.39 is 10.0 Å². The molecule has 1 aliphatic rings. The molecule has 1 unspecified atom stereocenters. The zero-order chi connectivity index (χ0) is 15.2. The maximum Gasteiger partial charge on any atom is 0.224 e. The first-order valence-corrected chi connectivity index (χ1v) is 9.03. The van der Waals surface area contributed by atoms with Gasteiger partial charge in [-0.2, -0.15) is 0 Å². The molecule has 1 atom stereocenters. The standard InChI is InChI=1S/C13H27N3O3S/c1-3-5-11(10-14)13(17)15-12-6-8-16(9-7-12)20(18,19)4-2/h11-12H,3-10,14H2,1-2H3,(H,15,17). The fourth-order valence-corrected chi connectivity index (χ4v) is 3.62. The summed E-state index contributed by atoms with van der Waals surface area (Å²) in [6, 6.07) is 0.0664. The zero-order valence-corrected chi connectivity index (χ0v) is 13.3. The number of carbonyl (C=O) groups is 1. The molecule has 0 aliphatic carbocycles. The van der Waals surface area contributed by atoms with Gasteiger partial charge in [-0.05, 0) is 26.2 Å². The first kappa shape index (κ1) is 17.4. The molecular formula is C13H27N3O3S. The highest BCUT2D eigenvalue weighted by Gasteiger charge is 2.28. The highest BCUT2D eigenvalue weighted by molar-refractivity contribution is 7.89. The predicted octanol–water partition coefficient (Wildman–Crippen LogP) is 0.292. The largest absolute Gasteiger partial charge is 0.353 e. The van der Waals surface area contributed by atoms with Gasteiger partial charge in [-0.15, -0.1) is 0 Å². The molecule has 0 bridgehead atoms.